The molecule has 3 rings (SSSR count). The largest absolute Gasteiger partial charge is 0.504 e. The zero-order valence-corrected chi connectivity index (χ0v) is 11.7. The first-order valence-electron chi connectivity index (χ1n) is 6.74. The van der Waals surface area contributed by atoms with E-state index in [0.29, 0.717) is 6.42 Å². The van der Waals surface area contributed by atoms with Gasteiger partial charge in [0.15, 0.2) is 11.5 Å². The standard InChI is InChI=1S/C16H17N3O2/c1-19-13-5-3-2-4-12(13)18-16(19)11(17)8-10-6-7-14(20)15(21)9-10/h2-7,9,11,20-21H,8,17H2,1H3. The highest BCUT2D eigenvalue weighted by Crippen LogP contribution is 2.27. The number of hydrogen-bond acceptors (Lipinski definition) is 4. The summed E-state index contributed by atoms with van der Waals surface area (Å²) in [4.78, 5) is 4.57. The molecule has 0 aliphatic carbocycles. The van der Waals surface area contributed by atoms with Crippen LogP contribution in [0.3, 0.4) is 0 Å². The van der Waals surface area contributed by atoms with Gasteiger partial charge in [-0.2, -0.15) is 0 Å². The van der Waals surface area contributed by atoms with E-state index in [1.807, 2.05) is 35.9 Å². The maximum Gasteiger partial charge on any atom is 0.157 e. The van der Waals surface area contributed by atoms with E-state index in [1.165, 1.54) is 12.1 Å². The van der Waals surface area contributed by atoms with Crippen molar-refractivity contribution in [3.63, 3.8) is 0 Å². The molecule has 2 aromatic carbocycles. The van der Waals surface area contributed by atoms with Gasteiger partial charge in [-0.05, 0) is 36.2 Å². The minimum Gasteiger partial charge on any atom is -0.504 e. The van der Waals surface area contributed by atoms with Gasteiger partial charge < -0.3 is 20.5 Å². The highest BCUT2D eigenvalue weighted by molar-refractivity contribution is 5.75. The molecular weight excluding hydrogens is 266 g/mol. The van der Waals surface area contributed by atoms with E-state index in [2.05, 4.69) is 4.98 Å². The first-order valence-corrected chi connectivity index (χ1v) is 6.74. The van der Waals surface area contributed by atoms with E-state index < -0.39 is 0 Å². The van der Waals surface area contributed by atoms with Crippen molar-refractivity contribution in [2.75, 3.05) is 0 Å². The van der Waals surface area contributed by atoms with Gasteiger partial charge in [-0.25, -0.2) is 4.98 Å². The Morgan fingerprint density at radius 1 is 1.14 bits per heavy atom. The van der Waals surface area contributed by atoms with Crippen molar-refractivity contribution in [1.82, 2.24) is 9.55 Å². The number of para-hydroxylation sites is 2. The van der Waals surface area contributed by atoms with Crippen LogP contribution < -0.4 is 5.73 Å². The summed E-state index contributed by atoms with van der Waals surface area (Å²) in [6.07, 6.45) is 0.533. The van der Waals surface area contributed by atoms with Crippen LogP contribution in [0.4, 0.5) is 0 Å². The lowest BCUT2D eigenvalue weighted by Crippen LogP contribution is -2.17. The molecular formula is C16H17N3O2. The maximum atomic E-state index is 9.54. The fraction of sp³-hybridized carbons (Fsp3) is 0.188. The SMILES string of the molecule is Cn1c(C(N)Cc2ccc(O)c(O)c2)nc2ccccc21. The minimum atomic E-state index is -0.286. The van der Waals surface area contributed by atoms with Gasteiger partial charge in [0.2, 0.25) is 0 Å². The molecule has 5 heteroatoms. The van der Waals surface area contributed by atoms with E-state index in [9.17, 15) is 10.2 Å². The number of aromatic hydroxyl groups is 2. The number of phenolic OH excluding ortho intramolecular Hbond substituents is 2. The fourth-order valence-corrected chi connectivity index (χ4v) is 2.54. The third-order valence-corrected chi connectivity index (χ3v) is 3.65. The van der Waals surface area contributed by atoms with Crippen molar-refractivity contribution in [2.45, 2.75) is 12.5 Å². The number of benzene rings is 2. The molecule has 0 aliphatic rings. The Morgan fingerprint density at radius 2 is 1.90 bits per heavy atom. The van der Waals surface area contributed by atoms with Gasteiger partial charge in [0.1, 0.15) is 5.82 Å². The zero-order chi connectivity index (χ0) is 15.0. The van der Waals surface area contributed by atoms with Gasteiger partial charge in [0.05, 0.1) is 17.1 Å². The predicted octanol–water partition coefficient (Wildman–Crippen LogP) is 2.23. The Hall–Kier alpha value is -2.53. The Balaban J connectivity index is 1.91. The molecule has 0 saturated carbocycles. The monoisotopic (exact) mass is 283 g/mol. The van der Waals surface area contributed by atoms with Gasteiger partial charge in [0.25, 0.3) is 0 Å². The molecule has 1 unspecified atom stereocenters. The van der Waals surface area contributed by atoms with Crippen molar-refractivity contribution in [1.29, 1.82) is 0 Å². The predicted molar refractivity (Wildman–Crippen MR) is 81.1 cm³/mol. The van der Waals surface area contributed by atoms with Crippen LogP contribution in [0.1, 0.15) is 17.4 Å². The quantitative estimate of drug-likeness (QED) is 0.643. The number of hydrogen-bond donors (Lipinski definition) is 3. The number of imidazole rings is 1. The lowest BCUT2D eigenvalue weighted by molar-refractivity contribution is 0.403. The number of rotatable bonds is 3. The van der Waals surface area contributed by atoms with Crippen LogP contribution in [0.15, 0.2) is 42.5 Å². The number of fused-ring (bicyclic) bond motifs is 1. The molecule has 1 atom stereocenters. The molecule has 0 spiro atoms. The maximum absolute atomic E-state index is 9.54. The van der Waals surface area contributed by atoms with Gasteiger partial charge in [-0.15, -0.1) is 0 Å². The molecule has 3 aromatic rings. The summed E-state index contributed by atoms with van der Waals surface area (Å²) in [5.41, 5.74) is 9.06. The topological polar surface area (TPSA) is 84.3 Å². The Labute approximate surface area is 122 Å². The Morgan fingerprint density at radius 3 is 2.62 bits per heavy atom. The summed E-state index contributed by atoms with van der Waals surface area (Å²) >= 11 is 0. The summed E-state index contributed by atoms with van der Waals surface area (Å²) in [7, 11) is 1.94. The smallest absolute Gasteiger partial charge is 0.157 e. The second kappa shape index (κ2) is 5.10. The van der Waals surface area contributed by atoms with E-state index in [-0.39, 0.29) is 17.5 Å². The summed E-state index contributed by atoms with van der Waals surface area (Å²) < 4.78 is 1.99. The third kappa shape index (κ3) is 2.43. The number of phenols is 2. The molecule has 0 radical (unpaired) electrons. The van der Waals surface area contributed by atoms with Crippen molar-refractivity contribution >= 4 is 11.0 Å². The van der Waals surface area contributed by atoms with Crippen LogP contribution in [-0.2, 0) is 13.5 Å². The van der Waals surface area contributed by atoms with Crippen LogP contribution in [-0.4, -0.2) is 19.8 Å². The number of aromatic nitrogens is 2. The average Bonchev–Trinajstić information content (AvgIpc) is 2.81. The first-order chi connectivity index (χ1) is 10.1. The van der Waals surface area contributed by atoms with Gasteiger partial charge in [-0.3, -0.25) is 0 Å². The highest BCUT2D eigenvalue weighted by atomic mass is 16.3. The number of nitrogens with two attached hydrogens (primary N) is 1. The van der Waals surface area contributed by atoms with E-state index >= 15 is 0 Å². The average molecular weight is 283 g/mol. The zero-order valence-electron chi connectivity index (χ0n) is 11.7. The Bertz CT molecular complexity index is 795. The molecule has 0 bridgehead atoms. The van der Waals surface area contributed by atoms with E-state index in [0.717, 1.165) is 22.4 Å². The summed E-state index contributed by atoms with van der Waals surface area (Å²) in [5, 5.41) is 18.9. The lowest BCUT2D eigenvalue weighted by Gasteiger charge is -2.12. The van der Waals surface area contributed by atoms with Crippen LogP contribution in [0.25, 0.3) is 11.0 Å². The normalized spacial score (nSPS) is 12.7. The lowest BCUT2D eigenvalue weighted by atomic mass is 10.1. The molecule has 0 fully saturated rings. The van der Waals surface area contributed by atoms with Crippen LogP contribution in [0.5, 0.6) is 11.5 Å². The molecule has 21 heavy (non-hydrogen) atoms. The van der Waals surface area contributed by atoms with Gasteiger partial charge in [0, 0.05) is 7.05 Å². The second-order valence-electron chi connectivity index (χ2n) is 5.15. The number of nitrogens with zero attached hydrogens (tertiary/aromatic N) is 2. The Kier molecular flexibility index (Phi) is 3.27. The second-order valence-corrected chi connectivity index (χ2v) is 5.15. The minimum absolute atomic E-state index is 0.130. The van der Waals surface area contributed by atoms with Crippen LogP contribution in [0.2, 0.25) is 0 Å². The number of aryl methyl sites for hydroxylation is 1. The van der Waals surface area contributed by atoms with Gasteiger partial charge in [-0.1, -0.05) is 18.2 Å². The molecule has 1 aromatic heterocycles. The van der Waals surface area contributed by atoms with E-state index in [1.54, 1.807) is 6.07 Å². The molecule has 108 valence electrons. The van der Waals surface area contributed by atoms with Crippen molar-refractivity contribution in [2.24, 2.45) is 12.8 Å². The first kappa shape index (κ1) is 13.5. The summed E-state index contributed by atoms with van der Waals surface area (Å²) in [6.45, 7) is 0. The molecule has 0 saturated heterocycles. The molecule has 5 nitrogen and oxygen atoms in total. The van der Waals surface area contributed by atoms with Crippen molar-refractivity contribution < 1.29 is 10.2 Å². The van der Waals surface area contributed by atoms with Crippen LogP contribution in [0, 0.1) is 0 Å². The molecule has 0 amide bonds. The molecule has 1 heterocycles. The van der Waals surface area contributed by atoms with Crippen molar-refractivity contribution in [3.8, 4) is 11.5 Å². The van der Waals surface area contributed by atoms with E-state index in [4.69, 9.17) is 5.73 Å². The van der Waals surface area contributed by atoms with Crippen LogP contribution >= 0.6 is 0 Å². The highest BCUT2D eigenvalue weighted by Gasteiger charge is 2.15. The molecule has 4 N–H and O–H groups in total. The molecule has 0 aliphatic heterocycles. The van der Waals surface area contributed by atoms with Gasteiger partial charge >= 0.3 is 0 Å². The summed E-state index contributed by atoms with van der Waals surface area (Å²) in [5.74, 6) is 0.531. The third-order valence-electron chi connectivity index (χ3n) is 3.65. The fourth-order valence-electron chi connectivity index (χ4n) is 2.54. The van der Waals surface area contributed by atoms with Crippen molar-refractivity contribution in [3.05, 3.63) is 53.9 Å². The summed E-state index contributed by atoms with van der Waals surface area (Å²) in [6, 6.07) is 12.3.